The molecule has 0 bridgehead atoms. The van der Waals surface area contributed by atoms with Crippen LogP contribution in [-0.4, -0.2) is 31.5 Å². The molecule has 0 aromatic heterocycles. The van der Waals surface area contributed by atoms with E-state index >= 15 is 0 Å². The van der Waals surface area contributed by atoms with Gasteiger partial charge in [0.2, 0.25) is 0 Å². The molecule has 2 rings (SSSR count). The largest absolute Gasteiger partial charge is 0.455 e. The van der Waals surface area contributed by atoms with Gasteiger partial charge < -0.3 is 14.4 Å². The van der Waals surface area contributed by atoms with Gasteiger partial charge >= 0.3 is 0 Å². The lowest BCUT2D eigenvalue weighted by atomic mass is 9.90. The summed E-state index contributed by atoms with van der Waals surface area (Å²) in [6, 6.07) is 8.03. The van der Waals surface area contributed by atoms with Crippen LogP contribution in [0.1, 0.15) is 27.7 Å². The van der Waals surface area contributed by atoms with Crippen LogP contribution in [-0.2, 0) is 9.47 Å². The molecule has 0 N–H and O–H groups in total. The molecule has 0 aliphatic carbocycles. The Kier molecular flexibility index (Phi) is 3.99. The van der Waals surface area contributed by atoms with Crippen LogP contribution in [0.25, 0.3) is 0 Å². The van der Waals surface area contributed by atoms with Crippen molar-refractivity contribution in [3.8, 4) is 0 Å². The quantitative estimate of drug-likeness (QED) is 0.791. The molecule has 1 aliphatic rings. The highest BCUT2D eigenvalue weighted by atomic mass is 16.7. The summed E-state index contributed by atoms with van der Waals surface area (Å²) >= 11 is 0. The molecule has 0 radical (unpaired) electrons. The van der Waals surface area contributed by atoms with Crippen molar-refractivity contribution in [3.05, 3.63) is 36.3 Å². The van der Waals surface area contributed by atoms with Gasteiger partial charge in [-0.2, -0.15) is 0 Å². The zero-order chi connectivity index (χ0) is 15.7. The van der Waals surface area contributed by atoms with Crippen LogP contribution >= 0.6 is 0 Å². The summed E-state index contributed by atoms with van der Waals surface area (Å²) in [5.41, 5.74) is 1.35. The smallest absolute Gasteiger partial charge is 0.282 e. The minimum Gasteiger partial charge on any atom is -0.455 e. The Balaban J connectivity index is 2.04. The molecule has 0 atom stereocenters. The molecule has 4 nitrogen and oxygen atoms in total. The molecule has 1 aliphatic heterocycles. The topological polar surface area (TPSA) is 34.1 Å². The Labute approximate surface area is 127 Å². The zero-order valence-corrected chi connectivity index (χ0v) is 13.7. The molecule has 21 heavy (non-hydrogen) atoms. The van der Waals surface area contributed by atoms with Crippen LogP contribution in [0.4, 0.5) is 11.4 Å². The van der Waals surface area contributed by atoms with Crippen molar-refractivity contribution < 1.29 is 9.47 Å². The van der Waals surface area contributed by atoms with E-state index in [4.69, 9.17) is 9.47 Å². The number of ether oxygens (including phenoxy) is 2. The number of nitrogens with zero attached hydrogens (tertiary/aromatic N) is 2. The molecule has 1 aromatic carbocycles. The number of aliphatic imine (C=N–C) groups is 1. The Morgan fingerprint density at radius 3 is 1.95 bits per heavy atom. The summed E-state index contributed by atoms with van der Waals surface area (Å²) in [7, 11) is 4.03. The van der Waals surface area contributed by atoms with E-state index in [1.807, 2.05) is 66.1 Å². The first-order valence-corrected chi connectivity index (χ1v) is 7.11. The average Bonchev–Trinajstić information content (AvgIpc) is 2.58. The average molecular weight is 288 g/mol. The third kappa shape index (κ3) is 3.38. The van der Waals surface area contributed by atoms with E-state index in [1.165, 1.54) is 0 Å². The maximum atomic E-state index is 5.79. The maximum absolute atomic E-state index is 5.79. The van der Waals surface area contributed by atoms with Gasteiger partial charge in [-0.25, -0.2) is 0 Å². The Morgan fingerprint density at radius 2 is 1.48 bits per heavy atom. The summed E-state index contributed by atoms with van der Waals surface area (Å²) in [5.74, 6) is 0.513. The van der Waals surface area contributed by atoms with E-state index in [2.05, 4.69) is 9.89 Å². The second-order valence-electron chi connectivity index (χ2n) is 6.40. The first kappa shape index (κ1) is 15.4. The number of rotatable bonds is 3. The van der Waals surface area contributed by atoms with Gasteiger partial charge in [-0.1, -0.05) is 0 Å². The van der Waals surface area contributed by atoms with Crippen LogP contribution in [0.2, 0.25) is 0 Å². The third-order valence-corrected chi connectivity index (χ3v) is 3.96. The number of hydrogen-bond acceptors (Lipinski definition) is 4. The van der Waals surface area contributed by atoms with Crippen LogP contribution in [0.15, 0.2) is 41.3 Å². The minimum absolute atomic E-state index is 0.347. The molecule has 114 valence electrons. The van der Waals surface area contributed by atoms with Gasteiger partial charge in [-0.05, 0) is 52.0 Å². The first-order valence-electron chi connectivity index (χ1n) is 7.11. The number of allylic oxidation sites excluding steroid dienone is 1. The van der Waals surface area contributed by atoms with Crippen LogP contribution in [0.3, 0.4) is 0 Å². The monoisotopic (exact) mass is 288 g/mol. The van der Waals surface area contributed by atoms with E-state index in [1.54, 1.807) is 12.3 Å². The zero-order valence-electron chi connectivity index (χ0n) is 13.7. The highest BCUT2D eigenvalue weighted by Crippen LogP contribution is 2.39. The van der Waals surface area contributed by atoms with Gasteiger partial charge in [0.15, 0.2) is 0 Å². The normalized spacial score (nSPS) is 19.2. The Hall–Kier alpha value is -1.97. The molecule has 0 amide bonds. The van der Waals surface area contributed by atoms with Gasteiger partial charge in [0, 0.05) is 32.1 Å². The molecular formula is C17H24N2O2. The van der Waals surface area contributed by atoms with E-state index in [0.717, 1.165) is 11.4 Å². The molecule has 0 saturated carbocycles. The molecular weight excluding hydrogens is 264 g/mol. The lowest BCUT2D eigenvalue weighted by molar-refractivity contribution is 0.00578. The summed E-state index contributed by atoms with van der Waals surface area (Å²) in [6.07, 6.45) is 3.47. The van der Waals surface area contributed by atoms with Crippen LogP contribution in [0, 0.1) is 0 Å². The van der Waals surface area contributed by atoms with Crippen molar-refractivity contribution in [3.63, 3.8) is 0 Å². The predicted molar refractivity (Wildman–Crippen MR) is 87.3 cm³/mol. The minimum atomic E-state index is -0.347. The molecule has 1 saturated heterocycles. The highest BCUT2D eigenvalue weighted by Gasteiger charge is 2.48. The van der Waals surface area contributed by atoms with Crippen molar-refractivity contribution in [2.75, 3.05) is 19.0 Å². The van der Waals surface area contributed by atoms with Crippen molar-refractivity contribution >= 4 is 17.6 Å². The lowest BCUT2D eigenvalue weighted by Crippen LogP contribution is -2.41. The van der Waals surface area contributed by atoms with Crippen molar-refractivity contribution in [2.24, 2.45) is 4.99 Å². The first-order chi connectivity index (χ1) is 9.71. The van der Waals surface area contributed by atoms with Gasteiger partial charge in [-0.15, -0.1) is 0 Å². The second kappa shape index (κ2) is 5.43. The summed E-state index contributed by atoms with van der Waals surface area (Å²) in [6.45, 7) is 8.08. The molecule has 4 heteroatoms. The molecule has 1 fully saturated rings. The van der Waals surface area contributed by atoms with E-state index in [0.29, 0.717) is 5.95 Å². The molecule has 1 aromatic rings. The van der Waals surface area contributed by atoms with E-state index in [-0.39, 0.29) is 11.2 Å². The number of benzene rings is 1. The van der Waals surface area contributed by atoms with Gasteiger partial charge in [-0.3, -0.25) is 4.99 Å². The van der Waals surface area contributed by atoms with Crippen molar-refractivity contribution in [1.29, 1.82) is 0 Å². The molecule has 0 unspecified atom stereocenters. The van der Waals surface area contributed by atoms with Gasteiger partial charge in [0.05, 0.1) is 5.69 Å². The third-order valence-electron chi connectivity index (χ3n) is 3.96. The molecule has 1 heterocycles. The highest BCUT2D eigenvalue weighted by molar-refractivity contribution is 5.75. The number of anilines is 1. The SMILES string of the molecule is CN(C)c1ccc(N=CC=C2OC(C)(C)C(C)(C)O2)cc1. The summed E-state index contributed by atoms with van der Waals surface area (Å²) in [4.78, 5) is 6.44. The fourth-order valence-corrected chi connectivity index (χ4v) is 1.86. The van der Waals surface area contributed by atoms with Gasteiger partial charge in [0.25, 0.3) is 5.95 Å². The summed E-state index contributed by atoms with van der Waals surface area (Å²) < 4.78 is 11.6. The second-order valence-corrected chi connectivity index (χ2v) is 6.40. The van der Waals surface area contributed by atoms with Crippen LogP contribution < -0.4 is 4.90 Å². The lowest BCUT2D eigenvalue weighted by Gasteiger charge is -2.28. The fraction of sp³-hybridized carbons (Fsp3) is 0.471. The predicted octanol–water partition coefficient (Wildman–Crippen LogP) is 3.90. The van der Waals surface area contributed by atoms with Crippen molar-refractivity contribution in [1.82, 2.24) is 0 Å². The fourth-order valence-electron chi connectivity index (χ4n) is 1.86. The Morgan fingerprint density at radius 1 is 0.952 bits per heavy atom. The molecule has 0 spiro atoms. The summed E-state index contributed by atoms with van der Waals surface area (Å²) in [5, 5.41) is 0. The van der Waals surface area contributed by atoms with Gasteiger partial charge in [0.1, 0.15) is 11.2 Å². The maximum Gasteiger partial charge on any atom is 0.282 e. The standard InChI is InChI=1S/C17H24N2O2/c1-16(2)17(3,4)21-15(20-16)11-12-18-13-7-9-14(10-8-13)19(5)6/h7-12H,1-6H3. The van der Waals surface area contributed by atoms with E-state index < -0.39 is 0 Å². The van der Waals surface area contributed by atoms with Crippen molar-refractivity contribution in [2.45, 2.75) is 38.9 Å². The van der Waals surface area contributed by atoms with Crippen LogP contribution in [0.5, 0.6) is 0 Å². The Bertz CT molecular complexity index is 537. The number of hydrogen-bond donors (Lipinski definition) is 0. The van der Waals surface area contributed by atoms with E-state index in [9.17, 15) is 0 Å².